The molecule has 1 aliphatic carbocycles. The smallest absolute Gasteiger partial charge is 0.379 e. The lowest BCUT2D eigenvalue weighted by molar-refractivity contribution is -0.145. The van der Waals surface area contributed by atoms with Crippen LogP contribution in [-0.2, 0) is 25.2 Å². The normalized spacial score (nSPS) is 38.1. The van der Waals surface area contributed by atoms with Gasteiger partial charge in [-0.2, -0.15) is 13.2 Å². The van der Waals surface area contributed by atoms with Crippen molar-refractivity contribution in [2.75, 3.05) is 44.9 Å². The molecule has 2 bridgehead atoms. The van der Waals surface area contributed by atoms with Crippen molar-refractivity contribution >= 4 is 11.7 Å². The number of piperazine rings is 1. The van der Waals surface area contributed by atoms with Gasteiger partial charge < -0.3 is 24.0 Å². The Kier molecular flexibility index (Phi) is 6.15. The fraction of sp³-hybridized carbons (Fsp3) is 0.800. The van der Waals surface area contributed by atoms with Gasteiger partial charge in [0.2, 0.25) is 11.7 Å². The van der Waals surface area contributed by atoms with Crippen LogP contribution in [0.4, 0.5) is 19.0 Å². The van der Waals surface area contributed by atoms with Crippen LogP contribution in [0, 0.1) is 17.3 Å². The molecule has 0 radical (unpaired) electrons. The fourth-order valence-electron chi connectivity index (χ4n) is 7.49. The summed E-state index contributed by atoms with van der Waals surface area (Å²) in [5.41, 5.74) is -0.480. The predicted octanol–water partition coefficient (Wildman–Crippen LogP) is 2.91. The highest BCUT2D eigenvalue weighted by Crippen LogP contribution is 2.54. The van der Waals surface area contributed by atoms with E-state index in [0.29, 0.717) is 38.1 Å². The highest BCUT2D eigenvalue weighted by molar-refractivity contribution is 5.85. The molecule has 8 nitrogen and oxygen atoms in total. The van der Waals surface area contributed by atoms with E-state index in [9.17, 15) is 18.0 Å². The van der Waals surface area contributed by atoms with E-state index in [1.165, 1.54) is 6.07 Å². The van der Waals surface area contributed by atoms with Crippen molar-refractivity contribution in [1.29, 1.82) is 0 Å². The molecule has 0 aromatic carbocycles. The number of carbonyl (C=O) groups excluding carboxylic acids is 1. The summed E-state index contributed by atoms with van der Waals surface area (Å²) in [4.78, 5) is 25.1. The van der Waals surface area contributed by atoms with Gasteiger partial charge in [-0.25, -0.2) is 9.97 Å². The van der Waals surface area contributed by atoms with E-state index in [0.717, 1.165) is 51.3 Å². The topological polar surface area (TPSA) is 77.0 Å². The molecule has 198 valence electrons. The second-order valence-corrected chi connectivity index (χ2v) is 11.1. The van der Waals surface area contributed by atoms with Gasteiger partial charge in [0.05, 0.1) is 36.3 Å². The zero-order chi connectivity index (χ0) is 25.1. The highest BCUT2D eigenvalue weighted by atomic mass is 19.4. The van der Waals surface area contributed by atoms with E-state index < -0.39 is 17.4 Å². The van der Waals surface area contributed by atoms with Gasteiger partial charge in [0.25, 0.3) is 0 Å². The number of aromatic nitrogens is 2. The van der Waals surface area contributed by atoms with Crippen LogP contribution in [0.15, 0.2) is 12.3 Å². The molecule has 11 heteroatoms. The molecule has 1 amide bonds. The number of anilines is 1. The second kappa shape index (κ2) is 9.09. The molecule has 4 aliphatic heterocycles. The van der Waals surface area contributed by atoms with Crippen LogP contribution in [0.25, 0.3) is 0 Å². The molecule has 6 rings (SSSR count). The monoisotopic (exact) mass is 510 g/mol. The zero-order valence-corrected chi connectivity index (χ0v) is 20.5. The predicted molar refractivity (Wildman–Crippen MR) is 122 cm³/mol. The number of fused-ring (bicyclic) bond motifs is 3. The summed E-state index contributed by atoms with van der Waals surface area (Å²) >= 11 is 0. The largest absolute Gasteiger partial charge is 0.451 e. The highest BCUT2D eigenvalue weighted by Gasteiger charge is 2.60. The summed E-state index contributed by atoms with van der Waals surface area (Å²) in [6.45, 7) is 3.00. The van der Waals surface area contributed by atoms with Crippen molar-refractivity contribution < 1.29 is 32.2 Å². The van der Waals surface area contributed by atoms with Crippen LogP contribution in [-0.4, -0.2) is 85.1 Å². The van der Waals surface area contributed by atoms with Crippen molar-refractivity contribution in [3.63, 3.8) is 0 Å². The lowest BCUT2D eigenvalue weighted by atomic mass is 9.78. The van der Waals surface area contributed by atoms with E-state index in [1.54, 1.807) is 7.11 Å². The maximum atomic E-state index is 14.0. The third-order valence-corrected chi connectivity index (χ3v) is 9.18. The van der Waals surface area contributed by atoms with E-state index in [-0.39, 0.29) is 36.0 Å². The molecule has 0 spiro atoms. The second-order valence-electron chi connectivity index (χ2n) is 11.1. The van der Waals surface area contributed by atoms with Gasteiger partial charge in [0, 0.05) is 39.6 Å². The molecule has 4 saturated heterocycles. The molecule has 5 aliphatic rings. The van der Waals surface area contributed by atoms with Crippen LogP contribution < -0.4 is 4.90 Å². The van der Waals surface area contributed by atoms with Gasteiger partial charge in [-0.15, -0.1) is 0 Å². The van der Waals surface area contributed by atoms with Gasteiger partial charge in [-0.3, -0.25) is 4.79 Å². The lowest BCUT2D eigenvalue weighted by Crippen LogP contribution is -2.54. The number of alkyl halides is 3. The van der Waals surface area contributed by atoms with Gasteiger partial charge in [0.15, 0.2) is 0 Å². The quantitative estimate of drug-likeness (QED) is 0.603. The first-order valence-corrected chi connectivity index (χ1v) is 13.0. The first-order valence-electron chi connectivity index (χ1n) is 13.0. The molecule has 5 fully saturated rings. The number of nitrogens with zero attached hydrogens (tertiary/aromatic N) is 4. The molecule has 1 saturated carbocycles. The molecule has 0 N–H and O–H groups in total. The van der Waals surface area contributed by atoms with Gasteiger partial charge in [0.1, 0.15) is 5.82 Å². The summed E-state index contributed by atoms with van der Waals surface area (Å²) in [6, 6.07) is 1.47. The number of methoxy groups -OCH3 is 1. The zero-order valence-electron chi connectivity index (χ0n) is 20.5. The third kappa shape index (κ3) is 4.07. The van der Waals surface area contributed by atoms with Crippen molar-refractivity contribution in [1.82, 2.24) is 14.9 Å². The van der Waals surface area contributed by atoms with Gasteiger partial charge in [-0.1, -0.05) is 0 Å². The fourth-order valence-corrected chi connectivity index (χ4v) is 7.49. The summed E-state index contributed by atoms with van der Waals surface area (Å²) in [6.07, 6.45) is 1.85. The molecule has 1 aromatic rings. The van der Waals surface area contributed by atoms with Crippen LogP contribution in [0.5, 0.6) is 0 Å². The van der Waals surface area contributed by atoms with Gasteiger partial charge >= 0.3 is 6.18 Å². The number of hydrogen-bond donors (Lipinski definition) is 0. The Balaban J connectivity index is 1.13. The van der Waals surface area contributed by atoms with E-state index in [4.69, 9.17) is 14.2 Å². The Hall–Kier alpha value is -1.98. The lowest BCUT2D eigenvalue weighted by Gasteiger charge is -2.39. The van der Waals surface area contributed by atoms with E-state index in [1.807, 2.05) is 9.80 Å². The SMILES string of the molecule is CO[C@@H]1COCC[C@@H]1C[C@@H]1C[C@H]2OCC[C@@]2(C(=O)N2C[C@@H]3C[C@H]2CN3c2ccnc(C(F)(F)F)n2)C1. The molecule has 0 unspecified atom stereocenters. The van der Waals surface area contributed by atoms with E-state index >= 15 is 0 Å². The minimum Gasteiger partial charge on any atom is -0.379 e. The standard InChI is InChI=1S/C25H33F3N4O4/c1-34-19-14-35-6-3-16(19)8-15-9-20-24(11-15,4-7-36-20)23(33)32-13-17-10-18(32)12-31(17)21-2-5-29-22(30-21)25(26,27)28/h2,5,15-20H,3-4,6-14H2,1H3/t15-,16-,17+,18+,19-,20-,24-/m1/s1. The first kappa shape index (κ1) is 24.4. The molecule has 36 heavy (non-hydrogen) atoms. The summed E-state index contributed by atoms with van der Waals surface area (Å²) < 4.78 is 56.7. The number of carbonyl (C=O) groups is 1. The van der Waals surface area contributed by atoms with Crippen molar-refractivity contribution in [3.05, 3.63) is 18.1 Å². The Bertz CT molecular complexity index is 996. The maximum absolute atomic E-state index is 14.0. The van der Waals surface area contributed by atoms with E-state index in [2.05, 4.69) is 9.97 Å². The van der Waals surface area contributed by atoms with Crippen molar-refractivity contribution in [2.45, 2.75) is 69.0 Å². The number of likely N-dealkylation sites (tertiary alicyclic amines) is 1. The molecular formula is C25H33F3N4O4. The Labute approximate surface area is 208 Å². The van der Waals surface area contributed by atoms with Crippen LogP contribution in [0.2, 0.25) is 0 Å². The number of hydrogen-bond acceptors (Lipinski definition) is 7. The van der Waals surface area contributed by atoms with Crippen LogP contribution in [0.1, 0.15) is 44.3 Å². The van der Waals surface area contributed by atoms with Crippen LogP contribution >= 0.6 is 0 Å². The molecular weight excluding hydrogens is 477 g/mol. The minimum absolute atomic E-state index is 0.0187. The van der Waals surface area contributed by atoms with Gasteiger partial charge in [-0.05, 0) is 56.4 Å². The number of ether oxygens (including phenoxy) is 3. The first-order chi connectivity index (χ1) is 17.3. The Morgan fingerprint density at radius 2 is 2.11 bits per heavy atom. The Morgan fingerprint density at radius 1 is 1.25 bits per heavy atom. The average Bonchev–Trinajstić information content (AvgIpc) is 3.63. The summed E-state index contributed by atoms with van der Waals surface area (Å²) in [5, 5.41) is 0. The number of rotatable bonds is 5. The average molecular weight is 511 g/mol. The molecule has 5 heterocycles. The number of amides is 1. The van der Waals surface area contributed by atoms with Crippen molar-refractivity contribution in [2.24, 2.45) is 17.3 Å². The summed E-state index contributed by atoms with van der Waals surface area (Å²) in [5.74, 6) is 0.178. The molecule has 1 aromatic heterocycles. The minimum atomic E-state index is -4.58. The number of halogens is 3. The third-order valence-electron chi connectivity index (χ3n) is 9.18. The van der Waals surface area contributed by atoms with Crippen molar-refractivity contribution in [3.8, 4) is 0 Å². The molecule has 7 atom stereocenters. The van der Waals surface area contributed by atoms with Crippen LogP contribution in [0.3, 0.4) is 0 Å². The summed E-state index contributed by atoms with van der Waals surface area (Å²) in [7, 11) is 1.74. The Morgan fingerprint density at radius 3 is 2.86 bits per heavy atom. The maximum Gasteiger partial charge on any atom is 0.451 e.